The van der Waals surface area contributed by atoms with E-state index in [0.29, 0.717) is 5.92 Å². The van der Waals surface area contributed by atoms with Gasteiger partial charge in [-0.2, -0.15) is 0 Å². The van der Waals surface area contributed by atoms with E-state index in [2.05, 4.69) is 42.7 Å². The third-order valence-electron chi connectivity index (χ3n) is 4.62. The van der Waals surface area contributed by atoms with E-state index in [-0.39, 0.29) is 30.3 Å². The molecule has 1 heterocycles. The molecule has 1 aliphatic heterocycles. The van der Waals surface area contributed by atoms with Crippen molar-refractivity contribution in [3.05, 3.63) is 34.9 Å². The Hall–Kier alpha value is -1.06. The van der Waals surface area contributed by atoms with Gasteiger partial charge in [-0.3, -0.25) is 4.79 Å². The number of fused-ring (bicyclic) bond motifs is 1. The van der Waals surface area contributed by atoms with Crippen LogP contribution in [0, 0.1) is 5.92 Å². The maximum Gasteiger partial charge on any atom is 0.226 e. The molecule has 0 unspecified atom stereocenters. The van der Waals surface area contributed by atoms with Gasteiger partial charge in [0.2, 0.25) is 5.91 Å². The molecule has 2 N–H and O–H groups in total. The van der Waals surface area contributed by atoms with Crippen LogP contribution in [-0.2, 0) is 11.2 Å². The molecule has 21 heavy (non-hydrogen) atoms. The first kappa shape index (κ1) is 16.3. The van der Waals surface area contributed by atoms with Gasteiger partial charge in [-0.15, -0.1) is 12.4 Å². The summed E-state index contributed by atoms with van der Waals surface area (Å²) in [7, 11) is 0. The lowest BCUT2D eigenvalue weighted by atomic mass is 9.84. The summed E-state index contributed by atoms with van der Waals surface area (Å²) in [6.07, 6.45) is 3.38. The molecule has 1 aromatic carbocycles. The minimum Gasteiger partial charge on any atom is -0.349 e. The molecule has 2 aliphatic rings. The Labute approximate surface area is 133 Å². The number of benzene rings is 1. The van der Waals surface area contributed by atoms with E-state index in [1.54, 1.807) is 0 Å². The van der Waals surface area contributed by atoms with Crippen molar-refractivity contribution >= 4 is 18.3 Å². The van der Waals surface area contributed by atoms with E-state index >= 15 is 0 Å². The van der Waals surface area contributed by atoms with E-state index in [1.165, 1.54) is 23.1 Å². The minimum atomic E-state index is 0. The minimum absolute atomic E-state index is 0. The molecule has 116 valence electrons. The zero-order valence-electron chi connectivity index (χ0n) is 12.8. The number of amides is 1. The molecule has 0 spiro atoms. The first-order chi connectivity index (χ1) is 9.65. The molecule has 1 fully saturated rings. The number of aryl methyl sites for hydroxylation is 1. The maximum atomic E-state index is 12.2. The lowest BCUT2D eigenvalue weighted by Gasteiger charge is -2.31. The summed E-state index contributed by atoms with van der Waals surface area (Å²) >= 11 is 0. The van der Waals surface area contributed by atoms with Crippen molar-refractivity contribution in [1.82, 2.24) is 10.6 Å². The van der Waals surface area contributed by atoms with Crippen LogP contribution in [0.5, 0.6) is 0 Å². The topological polar surface area (TPSA) is 41.1 Å². The standard InChI is InChI=1S/C17H24N2O.ClH/c1-11(2)13-7-6-12-4-3-5-16(15(12)8-13)19-17(20)14-9-18-10-14;/h6-8,11,14,16,18H,3-5,9-10H2,1-2H3,(H,19,20);1H/t16-;/m1./s1. The fourth-order valence-electron chi connectivity index (χ4n) is 3.09. The summed E-state index contributed by atoms with van der Waals surface area (Å²) in [5.41, 5.74) is 4.14. The summed E-state index contributed by atoms with van der Waals surface area (Å²) < 4.78 is 0. The second-order valence-electron chi connectivity index (χ2n) is 6.42. The summed E-state index contributed by atoms with van der Waals surface area (Å²) in [6, 6.07) is 7.02. The lowest BCUT2D eigenvalue weighted by Crippen LogP contribution is -2.51. The maximum absolute atomic E-state index is 12.2. The first-order valence-electron chi connectivity index (χ1n) is 7.79. The number of carbonyl (C=O) groups is 1. The highest BCUT2D eigenvalue weighted by Gasteiger charge is 2.29. The summed E-state index contributed by atoms with van der Waals surface area (Å²) in [5, 5.41) is 6.43. The summed E-state index contributed by atoms with van der Waals surface area (Å²) in [6.45, 7) is 6.10. The smallest absolute Gasteiger partial charge is 0.226 e. The second kappa shape index (κ2) is 6.80. The van der Waals surface area contributed by atoms with E-state index in [9.17, 15) is 4.79 Å². The van der Waals surface area contributed by atoms with Crippen LogP contribution in [0.3, 0.4) is 0 Å². The number of carbonyl (C=O) groups excluding carboxylic acids is 1. The van der Waals surface area contributed by atoms with E-state index in [0.717, 1.165) is 25.9 Å². The molecule has 1 atom stereocenters. The van der Waals surface area contributed by atoms with Gasteiger partial charge in [0, 0.05) is 13.1 Å². The highest BCUT2D eigenvalue weighted by Crippen LogP contribution is 2.32. The van der Waals surface area contributed by atoms with Gasteiger partial charge in [0.15, 0.2) is 0 Å². The predicted molar refractivity (Wildman–Crippen MR) is 88.0 cm³/mol. The highest BCUT2D eigenvalue weighted by molar-refractivity contribution is 5.85. The van der Waals surface area contributed by atoms with Crippen molar-refractivity contribution < 1.29 is 4.79 Å². The molecular formula is C17H25ClN2O. The third-order valence-corrected chi connectivity index (χ3v) is 4.62. The van der Waals surface area contributed by atoms with Gasteiger partial charge in [0.25, 0.3) is 0 Å². The summed E-state index contributed by atoms with van der Waals surface area (Å²) in [5.74, 6) is 0.930. The van der Waals surface area contributed by atoms with Gasteiger partial charge in [-0.25, -0.2) is 0 Å². The normalized spacial score (nSPS) is 21.2. The molecule has 1 amide bonds. The van der Waals surface area contributed by atoms with Crippen LogP contribution in [-0.4, -0.2) is 19.0 Å². The fourth-order valence-corrected chi connectivity index (χ4v) is 3.09. The predicted octanol–water partition coefficient (Wildman–Crippen LogP) is 2.94. The molecule has 0 aromatic heterocycles. The monoisotopic (exact) mass is 308 g/mol. The van der Waals surface area contributed by atoms with Crippen LogP contribution in [0.2, 0.25) is 0 Å². The van der Waals surface area contributed by atoms with Crippen LogP contribution < -0.4 is 10.6 Å². The number of rotatable bonds is 3. The Morgan fingerprint density at radius 3 is 2.71 bits per heavy atom. The molecular weight excluding hydrogens is 284 g/mol. The molecule has 0 bridgehead atoms. The molecule has 0 radical (unpaired) electrons. The van der Waals surface area contributed by atoms with Crippen molar-refractivity contribution in [3.8, 4) is 0 Å². The van der Waals surface area contributed by atoms with Crippen molar-refractivity contribution in [1.29, 1.82) is 0 Å². The number of halogens is 1. The molecule has 1 aromatic rings. The van der Waals surface area contributed by atoms with Gasteiger partial charge in [-0.05, 0) is 41.9 Å². The quantitative estimate of drug-likeness (QED) is 0.901. The van der Waals surface area contributed by atoms with Crippen LogP contribution in [0.25, 0.3) is 0 Å². The highest BCUT2D eigenvalue weighted by atomic mass is 35.5. The first-order valence-corrected chi connectivity index (χ1v) is 7.79. The molecule has 1 aliphatic carbocycles. The lowest BCUT2D eigenvalue weighted by molar-refractivity contribution is -0.127. The van der Waals surface area contributed by atoms with Gasteiger partial charge in [0.1, 0.15) is 0 Å². The number of nitrogens with one attached hydrogen (secondary N) is 2. The van der Waals surface area contributed by atoms with Crippen molar-refractivity contribution in [2.24, 2.45) is 5.92 Å². The van der Waals surface area contributed by atoms with Crippen LogP contribution in [0.15, 0.2) is 18.2 Å². The van der Waals surface area contributed by atoms with Gasteiger partial charge >= 0.3 is 0 Å². The van der Waals surface area contributed by atoms with Crippen molar-refractivity contribution in [2.45, 2.75) is 45.1 Å². The van der Waals surface area contributed by atoms with Crippen LogP contribution >= 0.6 is 12.4 Å². The van der Waals surface area contributed by atoms with E-state index in [4.69, 9.17) is 0 Å². The van der Waals surface area contributed by atoms with Crippen LogP contribution in [0.1, 0.15) is 55.3 Å². The fraction of sp³-hybridized carbons (Fsp3) is 0.588. The average Bonchev–Trinajstić information content (AvgIpc) is 2.36. The Kier molecular flexibility index (Phi) is 5.28. The Morgan fingerprint density at radius 2 is 2.10 bits per heavy atom. The van der Waals surface area contributed by atoms with Gasteiger partial charge < -0.3 is 10.6 Å². The van der Waals surface area contributed by atoms with Crippen LogP contribution in [0.4, 0.5) is 0 Å². The van der Waals surface area contributed by atoms with Gasteiger partial charge in [-0.1, -0.05) is 32.0 Å². The molecule has 1 saturated heterocycles. The molecule has 0 saturated carbocycles. The molecule has 3 nitrogen and oxygen atoms in total. The molecule has 3 rings (SSSR count). The molecule has 4 heteroatoms. The Morgan fingerprint density at radius 1 is 1.33 bits per heavy atom. The van der Waals surface area contributed by atoms with Gasteiger partial charge in [0.05, 0.1) is 12.0 Å². The van der Waals surface area contributed by atoms with Crippen molar-refractivity contribution in [2.75, 3.05) is 13.1 Å². The average molecular weight is 309 g/mol. The Bertz CT molecular complexity index is 512. The zero-order valence-corrected chi connectivity index (χ0v) is 13.6. The van der Waals surface area contributed by atoms with E-state index in [1.807, 2.05) is 0 Å². The third kappa shape index (κ3) is 3.41. The largest absolute Gasteiger partial charge is 0.349 e. The SMILES string of the molecule is CC(C)c1ccc2c(c1)[C@H](NC(=O)C1CNC1)CCC2.Cl. The Balaban J connectivity index is 0.00000161. The van der Waals surface area contributed by atoms with Crippen molar-refractivity contribution in [3.63, 3.8) is 0 Å². The summed E-state index contributed by atoms with van der Waals surface area (Å²) in [4.78, 5) is 12.2. The number of hydrogen-bond donors (Lipinski definition) is 2. The number of hydrogen-bond acceptors (Lipinski definition) is 2. The second-order valence-corrected chi connectivity index (χ2v) is 6.42. The van der Waals surface area contributed by atoms with E-state index < -0.39 is 0 Å². The zero-order chi connectivity index (χ0) is 14.1.